The molecule has 0 aliphatic carbocycles. The van der Waals surface area contributed by atoms with Crippen molar-refractivity contribution in [1.29, 1.82) is 0 Å². The van der Waals surface area contributed by atoms with E-state index in [0.717, 1.165) is 24.2 Å². The predicted octanol–water partition coefficient (Wildman–Crippen LogP) is -0.130. The van der Waals surface area contributed by atoms with Crippen molar-refractivity contribution in [3.8, 4) is 0 Å². The van der Waals surface area contributed by atoms with Gasteiger partial charge in [-0.1, -0.05) is 31.5 Å². The van der Waals surface area contributed by atoms with E-state index in [1.807, 2.05) is 24.3 Å². The van der Waals surface area contributed by atoms with E-state index in [1.54, 1.807) is 0 Å². The van der Waals surface area contributed by atoms with Gasteiger partial charge in [-0.05, 0) is 42.9 Å². The summed E-state index contributed by atoms with van der Waals surface area (Å²) in [5.74, 6) is -1.06. The van der Waals surface area contributed by atoms with E-state index in [0.29, 0.717) is 19.4 Å². The number of methoxy groups -OCH3 is 1. The molecule has 9 atom stereocenters. The van der Waals surface area contributed by atoms with Crippen LogP contribution < -0.4 is 5.32 Å². The molecule has 3 fully saturated rings. The molecule has 208 valence electrons. The van der Waals surface area contributed by atoms with Crippen molar-refractivity contribution in [2.75, 3.05) is 32.1 Å². The summed E-state index contributed by atoms with van der Waals surface area (Å²) in [6, 6.07) is 7.60. The number of rotatable bonds is 6. The van der Waals surface area contributed by atoms with Crippen molar-refractivity contribution in [2.45, 2.75) is 68.3 Å². The van der Waals surface area contributed by atoms with E-state index in [1.165, 1.54) is 13.4 Å². The van der Waals surface area contributed by atoms with E-state index in [4.69, 9.17) is 14.2 Å². The van der Waals surface area contributed by atoms with Crippen molar-refractivity contribution in [1.82, 2.24) is 4.90 Å². The smallest absolute Gasteiger partial charge is 0.339 e. The van der Waals surface area contributed by atoms with Gasteiger partial charge in [-0.2, -0.15) is 0 Å². The number of aliphatic hydroxyl groups is 4. The first kappa shape index (κ1) is 27.0. The SMILES string of the molecule is CC[C@H]1CN2CC[C@]3(C(=O)Nc4ccccc43)[C@@H]2C[C@@H]1/C(=C\OC)C(=O)O[C@@H]1O[C@H](CO)[C@@H](O)[C@H](O)[C@H]1O. The Bertz CT molecular complexity index is 1090. The minimum atomic E-state index is -1.71. The monoisotopic (exact) mass is 532 g/mol. The van der Waals surface area contributed by atoms with Gasteiger partial charge in [0.25, 0.3) is 0 Å². The number of hydrogen-bond donors (Lipinski definition) is 5. The van der Waals surface area contributed by atoms with Crippen molar-refractivity contribution >= 4 is 17.6 Å². The highest BCUT2D eigenvalue weighted by Crippen LogP contribution is 2.53. The summed E-state index contributed by atoms with van der Waals surface area (Å²) in [5.41, 5.74) is 1.33. The van der Waals surface area contributed by atoms with Gasteiger partial charge >= 0.3 is 5.97 Å². The zero-order valence-electron chi connectivity index (χ0n) is 21.5. The number of amides is 1. The first-order chi connectivity index (χ1) is 18.3. The van der Waals surface area contributed by atoms with Crippen molar-refractivity contribution in [2.24, 2.45) is 11.8 Å². The van der Waals surface area contributed by atoms with E-state index < -0.39 is 48.7 Å². The molecule has 38 heavy (non-hydrogen) atoms. The Morgan fingerprint density at radius 1 is 1.24 bits per heavy atom. The van der Waals surface area contributed by atoms with Gasteiger partial charge in [0.2, 0.25) is 12.2 Å². The van der Waals surface area contributed by atoms with E-state index >= 15 is 0 Å². The normalized spacial score (nSPS) is 39.0. The zero-order chi connectivity index (χ0) is 27.2. The lowest BCUT2D eigenvalue weighted by Gasteiger charge is -2.45. The van der Waals surface area contributed by atoms with Crippen LogP contribution >= 0.6 is 0 Å². The topological polar surface area (TPSA) is 158 Å². The molecular weight excluding hydrogens is 496 g/mol. The third kappa shape index (κ3) is 4.21. The Balaban J connectivity index is 1.42. The standard InChI is InChI=1S/C27H36N2O9/c1-3-14-11-29-9-8-27(17-6-4-5-7-18(17)28-26(27)35)20(29)10-15(14)16(13-36-2)24(34)38-25-23(33)22(32)21(31)19(12-30)37-25/h4-7,13-15,19-23,25,30-33H,3,8-12H2,1-2H3,(H,28,35)/b16-13+/t14-,15-,19+,20-,21+,22-,23+,25-,27+/m0/s1. The summed E-state index contributed by atoms with van der Waals surface area (Å²) < 4.78 is 16.2. The summed E-state index contributed by atoms with van der Waals surface area (Å²) in [7, 11) is 1.43. The number of carbonyl (C=O) groups is 2. The number of hydrogen-bond acceptors (Lipinski definition) is 10. The molecule has 1 amide bonds. The van der Waals surface area contributed by atoms with Crippen molar-refractivity contribution in [3.05, 3.63) is 41.7 Å². The average Bonchev–Trinajstić information content (AvgIpc) is 3.44. The molecule has 5 N–H and O–H groups in total. The number of ether oxygens (including phenoxy) is 3. The first-order valence-corrected chi connectivity index (χ1v) is 13.2. The zero-order valence-corrected chi connectivity index (χ0v) is 21.5. The van der Waals surface area contributed by atoms with Crippen LogP contribution in [0.4, 0.5) is 5.69 Å². The quantitative estimate of drug-likeness (QED) is 0.190. The summed E-state index contributed by atoms with van der Waals surface area (Å²) in [5, 5.41) is 43.1. The number of aliphatic hydroxyl groups excluding tert-OH is 4. The second-order valence-corrected chi connectivity index (χ2v) is 10.7. The maximum absolute atomic E-state index is 13.5. The van der Waals surface area contributed by atoms with Gasteiger partial charge in [0, 0.05) is 18.3 Å². The number of anilines is 1. The van der Waals surface area contributed by atoms with Crippen LogP contribution in [0, 0.1) is 11.8 Å². The van der Waals surface area contributed by atoms with Crippen molar-refractivity contribution in [3.63, 3.8) is 0 Å². The number of nitrogens with zero attached hydrogens (tertiary/aromatic N) is 1. The fourth-order valence-corrected chi connectivity index (χ4v) is 6.85. The van der Waals surface area contributed by atoms with Gasteiger partial charge in [-0.15, -0.1) is 0 Å². The molecule has 1 aromatic carbocycles. The lowest BCUT2D eigenvalue weighted by molar-refractivity contribution is -0.291. The van der Waals surface area contributed by atoms with Gasteiger partial charge in [-0.3, -0.25) is 9.69 Å². The molecule has 0 aromatic heterocycles. The molecule has 3 saturated heterocycles. The molecule has 11 nitrogen and oxygen atoms in total. The lowest BCUT2D eigenvalue weighted by atomic mass is 9.67. The highest BCUT2D eigenvalue weighted by atomic mass is 16.7. The third-order valence-corrected chi connectivity index (χ3v) is 8.86. The van der Waals surface area contributed by atoms with Crippen LogP contribution in [0.1, 0.15) is 31.7 Å². The minimum Gasteiger partial charge on any atom is -0.504 e. The molecule has 1 spiro atoms. The number of para-hydroxylation sites is 1. The molecule has 0 saturated carbocycles. The molecule has 0 radical (unpaired) electrons. The first-order valence-electron chi connectivity index (χ1n) is 13.2. The van der Waals surface area contributed by atoms with Crippen molar-refractivity contribution < 1.29 is 44.2 Å². The molecule has 5 rings (SSSR count). The maximum atomic E-state index is 13.5. The van der Waals surface area contributed by atoms with Crippen LogP contribution in [0.2, 0.25) is 0 Å². The number of benzene rings is 1. The minimum absolute atomic E-state index is 0.0268. The number of fused-ring (bicyclic) bond motifs is 4. The van der Waals surface area contributed by atoms with Gasteiger partial charge in [0.15, 0.2) is 0 Å². The maximum Gasteiger partial charge on any atom is 0.339 e. The third-order valence-electron chi connectivity index (χ3n) is 8.86. The molecule has 0 bridgehead atoms. The molecule has 4 heterocycles. The van der Waals surface area contributed by atoms with Crippen LogP contribution in [-0.2, 0) is 29.2 Å². The predicted molar refractivity (Wildman–Crippen MR) is 134 cm³/mol. The van der Waals surface area contributed by atoms with E-state index in [2.05, 4.69) is 17.1 Å². The molecule has 4 aliphatic heterocycles. The highest BCUT2D eigenvalue weighted by molar-refractivity contribution is 6.07. The second kappa shape index (κ2) is 10.6. The number of piperidine rings is 1. The summed E-state index contributed by atoms with van der Waals surface area (Å²) in [6.07, 6.45) is -4.43. The van der Waals surface area contributed by atoms with Gasteiger partial charge in [0.1, 0.15) is 24.4 Å². The van der Waals surface area contributed by atoms with Gasteiger partial charge in [-0.25, -0.2) is 4.79 Å². The van der Waals surface area contributed by atoms with E-state index in [-0.39, 0.29) is 29.4 Å². The molecule has 1 aromatic rings. The van der Waals surface area contributed by atoms with E-state index in [9.17, 15) is 30.0 Å². The summed E-state index contributed by atoms with van der Waals surface area (Å²) >= 11 is 0. The molecule has 4 aliphatic rings. The fourth-order valence-electron chi connectivity index (χ4n) is 6.85. The second-order valence-electron chi connectivity index (χ2n) is 10.7. The largest absolute Gasteiger partial charge is 0.504 e. The average molecular weight is 533 g/mol. The van der Waals surface area contributed by atoms with Crippen LogP contribution in [0.5, 0.6) is 0 Å². The van der Waals surface area contributed by atoms with Crippen LogP contribution in [0.15, 0.2) is 36.1 Å². The van der Waals surface area contributed by atoms with Crippen LogP contribution in [-0.4, -0.2) is 101 Å². The highest BCUT2D eigenvalue weighted by Gasteiger charge is 2.60. The Kier molecular flexibility index (Phi) is 7.51. The van der Waals surface area contributed by atoms with Gasteiger partial charge < -0.3 is 40.0 Å². The van der Waals surface area contributed by atoms with Crippen LogP contribution in [0.25, 0.3) is 0 Å². The molecule has 11 heteroatoms. The fraction of sp³-hybridized carbons (Fsp3) is 0.630. The Morgan fingerprint density at radius 2 is 2.00 bits per heavy atom. The van der Waals surface area contributed by atoms with Crippen LogP contribution in [0.3, 0.4) is 0 Å². The lowest BCUT2D eigenvalue weighted by Crippen LogP contribution is -2.59. The Morgan fingerprint density at radius 3 is 2.71 bits per heavy atom. The number of esters is 1. The number of carbonyl (C=O) groups excluding carboxylic acids is 2. The summed E-state index contributed by atoms with van der Waals surface area (Å²) in [4.78, 5) is 29.3. The Hall–Kier alpha value is -2.54. The molecule has 0 unspecified atom stereocenters. The Labute approximate surface area is 221 Å². The number of nitrogens with one attached hydrogen (secondary N) is 1. The van der Waals surface area contributed by atoms with Gasteiger partial charge in [0.05, 0.1) is 31.0 Å². The molecular formula is C27H36N2O9. The summed E-state index contributed by atoms with van der Waals surface area (Å²) in [6.45, 7) is 2.88.